The standard InChI is InChI=1S/C14H19FN2O3S.ClH/c1-10(6-14(18)17-9-11-7-16-8-11)21(19,20)13-4-2-12(15)3-5-13;/h2-5,10-11,16H,6-9H2,1H3,(H,17,18);1H. The van der Waals surface area contributed by atoms with Crippen LogP contribution in [0.2, 0.25) is 0 Å². The maximum absolute atomic E-state index is 12.8. The maximum atomic E-state index is 12.8. The van der Waals surface area contributed by atoms with Crippen LogP contribution in [-0.4, -0.2) is 39.2 Å². The minimum absolute atomic E-state index is 0. The Kier molecular flexibility index (Phi) is 6.77. The molecule has 0 radical (unpaired) electrons. The van der Waals surface area contributed by atoms with Crippen molar-refractivity contribution >= 4 is 28.2 Å². The maximum Gasteiger partial charge on any atom is 0.221 e. The molecule has 1 aromatic rings. The molecule has 2 N–H and O–H groups in total. The molecule has 1 aromatic carbocycles. The Morgan fingerprint density at radius 3 is 2.45 bits per heavy atom. The van der Waals surface area contributed by atoms with E-state index in [0.29, 0.717) is 12.5 Å². The monoisotopic (exact) mass is 350 g/mol. The lowest BCUT2D eigenvalue weighted by molar-refractivity contribution is -0.121. The lowest BCUT2D eigenvalue weighted by atomic mass is 10.0. The van der Waals surface area contributed by atoms with Crippen LogP contribution in [0.1, 0.15) is 13.3 Å². The van der Waals surface area contributed by atoms with E-state index in [1.807, 2.05) is 0 Å². The molecule has 1 heterocycles. The molecule has 8 heteroatoms. The normalized spacial score (nSPS) is 16.3. The highest BCUT2D eigenvalue weighted by Gasteiger charge is 2.26. The lowest BCUT2D eigenvalue weighted by Gasteiger charge is -2.27. The van der Waals surface area contributed by atoms with E-state index in [4.69, 9.17) is 0 Å². The Morgan fingerprint density at radius 1 is 1.36 bits per heavy atom. The summed E-state index contributed by atoms with van der Waals surface area (Å²) in [5.74, 6) is -0.341. The van der Waals surface area contributed by atoms with E-state index in [-0.39, 0.29) is 29.6 Å². The largest absolute Gasteiger partial charge is 0.356 e. The van der Waals surface area contributed by atoms with E-state index in [2.05, 4.69) is 10.6 Å². The van der Waals surface area contributed by atoms with Crippen LogP contribution in [-0.2, 0) is 14.6 Å². The van der Waals surface area contributed by atoms with Gasteiger partial charge in [-0.15, -0.1) is 12.4 Å². The van der Waals surface area contributed by atoms with Crippen LogP contribution in [0.25, 0.3) is 0 Å². The minimum Gasteiger partial charge on any atom is -0.356 e. The van der Waals surface area contributed by atoms with E-state index < -0.39 is 20.9 Å². The molecule has 0 saturated carbocycles. The van der Waals surface area contributed by atoms with Crippen molar-refractivity contribution in [1.29, 1.82) is 0 Å². The molecule has 0 aliphatic carbocycles. The minimum atomic E-state index is -3.62. The number of halogens is 2. The number of nitrogens with one attached hydrogen (secondary N) is 2. The summed E-state index contributed by atoms with van der Waals surface area (Å²) < 4.78 is 37.4. The van der Waals surface area contributed by atoms with Crippen LogP contribution in [0.5, 0.6) is 0 Å². The number of carbonyl (C=O) groups is 1. The van der Waals surface area contributed by atoms with Crippen LogP contribution in [0, 0.1) is 11.7 Å². The van der Waals surface area contributed by atoms with Gasteiger partial charge in [0.2, 0.25) is 5.91 Å². The first-order chi connectivity index (χ1) is 9.89. The summed E-state index contributed by atoms with van der Waals surface area (Å²) in [5.41, 5.74) is 0. The van der Waals surface area contributed by atoms with E-state index in [0.717, 1.165) is 25.2 Å². The highest BCUT2D eigenvalue weighted by molar-refractivity contribution is 7.92. The predicted octanol–water partition coefficient (Wildman–Crippen LogP) is 1.14. The first-order valence-electron chi connectivity index (χ1n) is 6.86. The smallest absolute Gasteiger partial charge is 0.221 e. The lowest BCUT2D eigenvalue weighted by Crippen LogP contribution is -2.48. The molecule has 124 valence electrons. The molecule has 0 spiro atoms. The Bertz CT molecular complexity index is 603. The second-order valence-corrected chi connectivity index (χ2v) is 7.71. The molecule has 2 rings (SSSR count). The van der Waals surface area contributed by atoms with Gasteiger partial charge in [0.1, 0.15) is 5.82 Å². The van der Waals surface area contributed by atoms with Crippen molar-refractivity contribution in [2.24, 2.45) is 5.92 Å². The fourth-order valence-electron chi connectivity index (χ4n) is 2.05. The van der Waals surface area contributed by atoms with Crippen molar-refractivity contribution in [2.45, 2.75) is 23.5 Å². The number of amides is 1. The summed E-state index contributed by atoms with van der Waals surface area (Å²) in [6.45, 7) is 3.81. The average Bonchev–Trinajstić information content (AvgIpc) is 2.37. The van der Waals surface area contributed by atoms with Gasteiger partial charge in [-0.3, -0.25) is 4.79 Å². The van der Waals surface area contributed by atoms with Crippen LogP contribution in [0.15, 0.2) is 29.2 Å². The van der Waals surface area contributed by atoms with Gasteiger partial charge in [0.05, 0.1) is 10.1 Å². The highest BCUT2D eigenvalue weighted by Crippen LogP contribution is 2.18. The third-order valence-electron chi connectivity index (χ3n) is 3.60. The molecule has 0 bridgehead atoms. The molecule has 5 nitrogen and oxygen atoms in total. The number of benzene rings is 1. The van der Waals surface area contributed by atoms with Gasteiger partial charge in [0.25, 0.3) is 0 Å². The molecule has 1 fully saturated rings. The Balaban J connectivity index is 0.00000242. The van der Waals surface area contributed by atoms with Gasteiger partial charge in [-0.2, -0.15) is 0 Å². The SMILES string of the molecule is CC(CC(=O)NCC1CNC1)S(=O)(=O)c1ccc(F)cc1.Cl. The molecule has 1 amide bonds. The van der Waals surface area contributed by atoms with Crippen LogP contribution in [0.4, 0.5) is 4.39 Å². The number of rotatable bonds is 6. The van der Waals surface area contributed by atoms with Crippen molar-refractivity contribution in [3.05, 3.63) is 30.1 Å². The fraction of sp³-hybridized carbons (Fsp3) is 0.500. The topological polar surface area (TPSA) is 75.3 Å². The molecule has 1 aliphatic rings. The van der Waals surface area contributed by atoms with Gasteiger partial charge in [-0.25, -0.2) is 12.8 Å². The molecule has 1 unspecified atom stereocenters. The van der Waals surface area contributed by atoms with Crippen LogP contribution in [0.3, 0.4) is 0 Å². The third kappa shape index (κ3) is 4.66. The molecular weight excluding hydrogens is 331 g/mol. The number of sulfone groups is 1. The molecule has 0 aromatic heterocycles. The third-order valence-corrected chi connectivity index (χ3v) is 5.75. The summed E-state index contributed by atoms with van der Waals surface area (Å²) in [6.07, 6.45) is -0.0974. The Hall–Kier alpha value is -1.18. The van der Waals surface area contributed by atoms with Gasteiger partial charge >= 0.3 is 0 Å². The molecule has 1 aliphatic heterocycles. The van der Waals surface area contributed by atoms with Gasteiger partial charge in [-0.05, 0) is 31.2 Å². The van der Waals surface area contributed by atoms with Crippen molar-refractivity contribution < 1.29 is 17.6 Å². The summed E-state index contributed by atoms with van der Waals surface area (Å²) in [6, 6.07) is 4.64. The summed E-state index contributed by atoms with van der Waals surface area (Å²) in [7, 11) is -3.62. The zero-order valence-corrected chi connectivity index (χ0v) is 13.8. The van der Waals surface area contributed by atoms with E-state index in [1.54, 1.807) is 0 Å². The van der Waals surface area contributed by atoms with Crippen LogP contribution >= 0.6 is 12.4 Å². The molecule has 1 saturated heterocycles. The van der Waals surface area contributed by atoms with Gasteiger partial charge in [0.15, 0.2) is 9.84 Å². The van der Waals surface area contributed by atoms with Crippen molar-refractivity contribution in [2.75, 3.05) is 19.6 Å². The first kappa shape index (κ1) is 18.9. The van der Waals surface area contributed by atoms with Crippen molar-refractivity contribution in [3.8, 4) is 0 Å². The van der Waals surface area contributed by atoms with Gasteiger partial charge in [-0.1, -0.05) is 0 Å². The zero-order chi connectivity index (χ0) is 15.5. The number of hydrogen-bond acceptors (Lipinski definition) is 4. The highest BCUT2D eigenvalue weighted by atomic mass is 35.5. The van der Waals surface area contributed by atoms with Crippen molar-refractivity contribution in [3.63, 3.8) is 0 Å². The molecule has 1 atom stereocenters. The fourth-order valence-corrected chi connectivity index (χ4v) is 3.40. The Labute approximate surface area is 136 Å². The van der Waals surface area contributed by atoms with Gasteiger partial charge < -0.3 is 10.6 Å². The summed E-state index contributed by atoms with van der Waals surface area (Å²) >= 11 is 0. The number of hydrogen-bond donors (Lipinski definition) is 2. The first-order valence-corrected chi connectivity index (χ1v) is 8.41. The average molecular weight is 351 g/mol. The van der Waals surface area contributed by atoms with Gasteiger partial charge in [0, 0.05) is 32.0 Å². The quantitative estimate of drug-likeness (QED) is 0.754. The number of carbonyl (C=O) groups excluding carboxylic acids is 1. The van der Waals surface area contributed by atoms with Crippen LogP contribution < -0.4 is 10.6 Å². The van der Waals surface area contributed by atoms with E-state index in [1.165, 1.54) is 19.1 Å². The van der Waals surface area contributed by atoms with E-state index in [9.17, 15) is 17.6 Å². The predicted molar refractivity (Wildman–Crippen MR) is 84.3 cm³/mol. The molecule has 22 heavy (non-hydrogen) atoms. The summed E-state index contributed by atoms with van der Waals surface area (Å²) in [4.78, 5) is 11.8. The van der Waals surface area contributed by atoms with E-state index >= 15 is 0 Å². The zero-order valence-electron chi connectivity index (χ0n) is 12.2. The molecular formula is C14H20ClFN2O3S. The van der Waals surface area contributed by atoms with Crippen molar-refractivity contribution in [1.82, 2.24) is 10.6 Å². The second-order valence-electron chi connectivity index (χ2n) is 5.34. The second kappa shape index (κ2) is 7.89. The Morgan fingerprint density at radius 2 is 1.95 bits per heavy atom. The summed E-state index contributed by atoms with van der Waals surface area (Å²) in [5, 5.41) is 5.00.